The molecule has 0 saturated carbocycles. The molecule has 0 amide bonds. The lowest BCUT2D eigenvalue weighted by atomic mass is 10.1. The first-order chi connectivity index (χ1) is 8.81. The highest BCUT2D eigenvalue weighted by molar-refractivity contribution is 5.28. The molecule has 0 aliphatic carbocycles. The van der Waals surface area contributed by atoms with E-state index >= 15 is 0 Å². The van der Waals surface area contributed by atoms with Crippen molar-refractivity contribution in [3.63, 3.8) is 0 Å². The first-order valence-corrected chi connectivity index (χ1v) is 6.77. The summed E-state index contributed by atoms with van der Waals surface area (Å²) in [5.74, 6) is 1.54. The third-order valence-electron chi connectivity index (χ3n) is 3.43. The summed E-state index contributed by atoms with van der Waals surface area (Å²) in [5, 5.41) is 12.6. The number of anilines is 1. The summed E-state index contributed by atoms with van der Waals surface area (Å²) in [6, 6.07) is 2.15. The maximum Gasteiger partial charge on any atom is 0.266 e. The van der Waals surface area contributed by atoms with Gasteiger partial charge < -0.3 is 9.42 Å². The number of hydrogen-bond acceptors (Lipinski definition) is 5. The van der Waals surface area contributed by atoms with E-state index in [9.17, 15) is 0 Å². The van der Waals surface area contributed by atoms with Crippen molar-refractivity contribution in [3.05, 3.63) is 5.89 Å². The SMILES string of the molecule is CC(CCC#N)c1nc(N2CCCCCC2)no1. The van der Waals surface area contributed by atoms with Crippen molar-refractivity contribution in [1.82, 2.24) is 10.1 Å². The zero-order chi connectivity index (χ0) is 12.8. The van der Waals surface area contributed by atoms with Crippen molar-refractivity contribution >= 4 is 5.95 Å². The second-order valence-electron chi connectivity index (χ2n) is 4.93. The molecule has 0 radical (unpaired) electrons. The van der Waals surface area contributed by atoms with Crippen molar-refractivity contribution < 1.29 is 4.52 Å². The molecular weight excluding hydrogens is 228 g/mol. The molecule has 1 fully saturated rings. The molecule has 2 heterocycles. The minimum atomic E-state index is 0.165. The lowest BCUT2D eigenvalue weighted by molar-refractivity contribution is 0.354. The third-order valence-corrected chi connectivity index (χ3v) is 3.43. The fourth-order valence-electron chi connectivity index (χ4n) is 2.23. The number of aromatic nitrogens is 2. The van der Waals surface area contributed by atoms with Crippen LogP contribution >= 0.6 is 0 Å². The molecule has 5 heteroatoms. The van der Waals surface area contributed by atoms with Crippen LogP contribution < -0.4 is 4.90 Å². The van der Waals surface area contributed by atoms with Gasteiger partial charge in [-0.05, 0) is 24.4 Å². The van der Waals surface area contributed by atoms with Gasteiger partial charge in [0.1, 0.15) is 0 Å². The minimum absolute atomic E-state index is 0.165. The molecule has 0 bridgehead atoms. The van der Waals surface area contributed by atoms with E-state index in [4.69, 9.17) is 9.78 Å². The van der Waals surface area contributed by atoms with Crippen LogP contribution in [0.15, 0.2) is 4.52 Å². The van der Waals surface area contributed by atoms with Crippen molar-refractivity contribution in [3.8, 4) is 6.07 Å². The maximum absolute atomic E-state index is 8.58. The van der Waals surface area contributed by atoms with Crippen LogP contribution in [-0.4, -0.2) is 23.2 Å². The fraction of sp³-hybridized carbons (Fsp3) is 0.769. The molecule has 98 valence electrons. The van der Waals surface area contributed by atoms with Crippen LogP contribution in [0.1, 0.15) is 57.3 Å². The standard InChI is InChI=1S/C13H20N4O/c1-11(7-6-8-14)12-15-13(16-18-12)17-9-4-2-3-5-10-17/h11H,2-7,9-10H2,1H3. The molecule has 1 aromatic heterocycles. The van der Waals surface area contributed by atoms with Crippen molar-refractivity contribution in [2.45, 2.75) is 51.4 Å². The molecule has 0 spiro atoms. The molecule has 1 aliphatic heterocycles. The molecular formula is C13H20N4O. The Labute approximate surface area is 108 Å². The number of hydrogen-bond donors (Lipinski definition) is 0. The van der Waals surface area contributed by atoms with E-state index in [1.54, 1.807) is 0 Å². The van der Waals surface area contributed by atoms with Gasteiger partial charge >= 0.3 is 0 Å². The molecule has 5 nitrogen and oxygen atoms in total. The van der Waals surface area contributed by atoms with Gasteiger partial charge in [0.2, 0.25) is 5.89 Å². The van der Waals surface area contributed by atoms with Crippen LogP contribution in [0.4, 0.5) is 5.95 Å². The van der Waals surface area contributed by atoms with Gasteiger partial charge in [0.25, 0.3) is 5.95 Å². The second-order valence-corrected chi connectivity index (χ2v) is 4.93. The molecule has 1 atom stereocenters. The van der Waals surface area contributed by atoms with Gasteiger partial charge in [-0.25, -0.2) is 0 Å². The molecule has 1 saturated heterocycles. The van der Waals surface area contributed by atoms with Crippen LogP contribution in [0.5, 0.6) is 0 Å². The Bertz CT molecular complexity index is 401. The summed E-state index contributed by atoms with van der Waals surface area (Å²) in [6.45, 7) is 4.06. The van der Waals surface area contributed by atoms with Gasteiger partial charge in [-0.3, -0.25) is 0 Å². The Hall–Kier alpha value is -1.57. The first-order valence-electron chi connectivity index (χ1n) is 6.77. The smallest absolute Gasteiger partial charge is 0.266 e. The third kappa shape index (κ3) is 3.22. The molecule has 0 aromatic carbocycles. The number of rotatable bonds is 4. The van der Waals surface area contributed by atoms with E-state index in [-0.39, 0.29) is 5.92 Å². The quantitative estimate of drug-likeness (QED) is 0.819. The van der Waals surface area contributed by atoms with E-state index < -0.39 is 0 Å². The summed E-state index contributed by atoms with van der Waals surface area (Å²) in [5.41, 5.74) is 0. The maximum atomic E-state index is 8.58. The summed E-state index contributed by atoms with van der Waals surface area (Å²) in [6.07, 6.45) is 6.29. The van der Waals surface area contributed by atoms with E-state index in [1.165, 1.54) is 25.7 Å². The molecule has 0 N–H and O–H groups in total. The Kier molecular flexibility index (Phi) is 4.57. The van der Waals surface area contributed by atoms with E-state index in [2.05, 4.69) is 21.1 Å². The van der Waals surface area contributed by atoms with Gasteiger partial charge in [-0.1, -0.05) is 19.8 Å². The lowest BCUT2D eigenvalue weighted by Crippen LogP contribution is -2.25. The lowest BCUT2D eigenvalue weighted by Gasteiger charge is -2.16. The summed E-state index contributed by atoms with van der Waals surface area (Å²) >= 11 is 0. The van der Waals surface area contributed by atoms with Crippen molar-refractivity contribution in [2.24, 2.45) is 0 Å². The monoisotopic (exact) mass is 248 g/mol. The Morgan fingerprint density at radius 3 is 2.72 bits per heavy atom. The number of nitriles is 1. The molecule has 2 rings (SSSR count). The van der Waals surface area contributed by atoms with Crippen LogP contribution in [0.3, 0.4) is 0 Å². The van der Waals surface area contributed by atoms with Gasteiger partial charge in [-0.15, -0.1) is 0 Å². The highest BCUT2D eigenvalue weighted by atomic mass is 16.5. The Balaban J connectivity index is 1.98. The molecule has 1 aromatic rings. The highest BCUT2D eigenvalue weighted by Gasteiger charge is 2.18. The fourth-order valence-corrected chi connectivity index (χ4v) is 2.23. The molecule has 1 unspecified atom stereocenters. The largest absolute Gasteiger partial charge is 0.338 e. The predicted octanol–water partition coefficient (Wildman–Crippen LogP) is 2.86. The Morgan fingerprint density at radius 1 is 1.33 bits per heavy atom. The van der Waals surface area contributed by atoms with Gasteiger partial charge in [0.05, 0.1) is 6.07 Å². The van der Waals surface area contributed by atoms with E-state index in [0.717, 1.165) is 25.5 Å². The molecule has 1 aliphatic rings. The predicted molar refractivity (Wildman–Crippen MR) is 68.2 cm³/mol. The topological polar surface area (TPSA) is 66.0 Å². The highest BCUT2D eigenvalue weighted by Crippen LogP contribution is 2.22. The van der Waals surface area contributed by atoms with Gasteiger partial charge in [-0.2, -0.15) is 10.2 Å². The summed E-state index contributed by atoms with van der Waals surface area (Å²) in [4.78, 5) is 6.67. The zero-order valence-corrected chi connectivity index (χ0v) is 10.9. The zero-order valence-electron chi connectivity index (χ0n) is 10.9. The first kappa shape index (κ1) is 12.9. The van der Waals surface area contributed by atoms with Crippen molar-refractivity contribution in [1.29, 1.82) is 5.26 Å². The number of nitrogens with zero attached hydrogens (tertiary/aromatic N) is 4. The minimum Gasteiger partial charge on any atom is -0.338 e. The summed E-state index contributed by atoms with van der Waals surface area (Å²) < 4.78 is 5.31. The van der Waals surface area contributed by atoms with Crippen LogP contribution in [0, 0.1) is 11.3 Å². The Morgan fingerprint density at radius 2 is 2.06 bits per heavy atom. The van der Waals surface area contributed by atoms with Crippen molar-refractivity contribution in [2.75, 3.05) is 18.0 Å². The van der Waals surface area contributed by atoms with Gasteiger partial charge in [0, 0.05) is 25.4 Å². The second kappa shape index (κ2) is 6.39. The van der Waals surface area contributed by atoms with Crippen LogP contribution in [0.25, 0.3) is 0 Å². The summed E-state index contributed by atoms with van der Waals surface area (Å²) in [7, 11) is 0. The van der Waals surface area contributed by atoms with Crippen LogP contribution in [-0.2, 0) is 0 Å². The van der Waals surface area contributed by atoms with Crippen LogP contribution in [0.2, 0.25) is 0 Å². The van der Waals surface area contributed by atoms with Gasteiger partial charge in [0.15, 0.2) is 0 Å². The molecule has 18 heavy (non-hydrogen) atoms. The average Bonchev–Trinajstić information content (AvgIpc) is 2.72. The average molecular weight is 248 g/mol. The van der Waals surface area contributed by atoms with E-state index in [0.29, 0.717) is 12.3 Å². The van der Waals surface area contributed by atoms with E-state index in [1.807, 2.05) is 6.92 Å². The normalized spacial score (nSPS) is 18.1.